The van der Waals surface area contributed by atoms with Gasteiger partial charge in [0.1, 0.15) is 5.82 Å². The van der Waals surface area contributed by atoms with E-state index in [-0.39, 0.29) is 12.4 Å². The van der Waals surface area contributed by atoms with Gasteiger partial charge in [-0.05, 0) is 58.0 Å². The van der Waals surface area contributed by atoms with Gasteiger partial charge in [-0.15, -0.1) is 0 Å². The molecule has 142 valence electrons. The molecule has 1 fully saturated rings. The lowest BCUT2D eigenvalue weighted by atomic mass is 10.1. The Hall–Kier alpha value is -2.13. The third-order valence-corrected chi connectivity index (χ3v) is 4.58. The highest BCUT2D eigenvalue weighted by molar-refractivity contribution is 5.79. The molecule has 6 heteroatoms. The molecule has 0 atom stereocenters. The highest BCUT2D eigenvalue weighted by Gasteiger charge is 2.08. The molecular weight excluding hydrogens is 329 g/mol. The van der Waals surface area contributed by atoms with E-state index in [1.807, 2.05) is 13.0 Å². The molecule has 0 unspecified atom stereocenters. The number of benzene rings is 1. The Morgan fingerprint density at radius 2 is 2.00 bits per heavy atom. The fourth-order valence-corrected chi connectivity index (χ4v) is 3.12. The number of halogens is 1. The molecule has 1 saturated heterocycles. The van der Waals surface area contributed by atoms with Crippen LogP contribution in [-0.4, -0.2) is 43.6 Å². The standard InChI is InChI=1S/C20H30FN5/c1-2-23-20(24-10-7-13-26-11-5-3-4-6-12-26)25-16-18-9-8-17(15-22)14-19(18)21/h8-9,14H,2-7,10-13,16H2,1H3,(H2,23,24,25). The molecular formula is C20H30FN5. The Balaban J connectivity index is 1.79. The zero-order chi connectivity index (χ0) is 18.6. The van der Waals surface area contributed by atoms with Gasteiger partial charge in [-0.25, -0.2) is 9.38 Å². The maximum absolute atomic E-state index is 14.0. The third-order valence-electron chi connectivity index (χ3n) is 4.58. The Labute approximate surface area is 156 Å². The van der Waals surface area contributed by atoms with Crippen LogP contribution in [0.5, 0.6) is 0 Å². The first-order chi connectivity index (χ1) is 12.7. The van der Waals surface area contributed by atoms with Crippen molar-refractivity contribution in [2.75, 3.05) is 32.7 Å². The molecule has 0 bridgehead atoms. The number of likely N-dealkylation sites (tertiary alicyclic amines) is 1. The summed E-state index contributed by atoms with van der Waals surface area (Å²) in [6.45, 7) is 7.40. The highest BCUT2D eigenvalue weighted by Crippen LogP contribution is 2.11. The number of hydrogen-bond donors (Lipinski definition) is 2. The van der Waals surface area contributed by atoms with Crippen molar-refractivity contribution < 1.29 is 4.39 Å². The van der Waals surface area contributed by atoms with Crippen LogP contribution in [0.4, 0.5) is 4.39 Å². The van der Waals surface area contributed by atoms with Gasteiger partial charge in [0.25, 0.3) is 0 Å². The zero-order valence-electron chi connectivity index (χ0n) is 15.7. The first-order valence-electron chi connectivity index (χ1n) is 9.66. The topological polar surface area (TPSA) is 63.5 Å². The number of nitriles is 1. The first kappa shape index (κ1) is 20.2. The van der Waals surface area contributed by atoms with Crippen LogP contribution in [0.15, 0.2) is 23.2 Å². The molecule has 0 aromatic heterocycles. The van der Waals surface area contributed by atoms with Gasteiger partial charge < -0.3 is 15.5 Å². The molecule has 1 aliphatic heterocycles. The summed E-state index contributed by atoms with van der Waals surface area (Å²) in [5, 5.41) is 15.3. The highest BCUT2D eigenvalue weighted by atomic mass is 19.1. The van der Waals surface area contributed by atoms with Crippen LogP contribution in [0.1, 0.15) is 50.2 Å². The van der Waals surface area contributed by atoms with E-state index in [0.29, 0.717) is 17.1 Å². The molecule has 0 amide bonds. The summed E-state index contributed by atoms with van der Waals surface area (Å²) < 4.78 is 14.0. The Kier molecular flexibility index (Phi) is 8.91. The second-order valence-electron chi connectivity index (χ2n) is 6.65. The number of guanidine groups is 1. The predicted octanol–water partition coefficient (Wildman–Crippen LogP) is 3.02. The fraction of sp³-hybridized carbons (Fsp3) is 0.600. The number of nitrogens with one attached hydrogen (secondary N) is 2. The molecule has 1 aliphatic rings. The predicted molar refractivity (Wildman–Crippen MR) is 103 cm³/mol. The molecule has 0 aliphatic carbocycles. The summed E-state index contributed by atoms with van der Waals surface area (Å²) in [4.78, 5) is 7.00. The second-order valence-corrected chi connectivity index (χ2v) is 6.65. The summed E-state index contributed by atoms with van der Waals surface area (Å²) in [7, 11) is 0. The average molecular weight is 359 g/mol. The van der Waals surface area contributed by atoms with E-state index in [9.17, 15) is 4.39 Å². The quantitative estimate of drug-likeness (QED) is 0.446. The van der Waals surface area contributed by atoms with Gasteiger partial charge in [0, 0.05) is 18.7 Å². The summed E-state index contributed by atoms with van der Waals surface area (Å²) >= 11 is 0. The average Bonchev–Trinajstić information content (AvgIpc) is 2.92. The van der Waals surface area contributed by atoms with E-state index in [4.69, 9.17) is 5.26 Å². The smallest absolute Gasteiger partial charge is 0.191 e. The molecule has 1 aromatic rings. The second kappa shape index (κ2) is 11.5. The molecule has 0 spiro atoms. The van der Waals surface area contributed by atoms with E-state index >= 15 is 0 Å². The van der Waals surface area contributed by atoms with Crippen LogP contribution in [0.25, 0.3) is 0 Å². The van der Waals surface area contributed by atoms with Crippen molar-refractivity contribution in [3.8, 4) is 6.07 Å². The number of hydrogen-bond acceptors (Lipinski definition) is 3. The molecule has 5 nitrogen and oxygen atoms in total. The minimum absolute atomic E-state index is 0.249. The maximum atomic E-state index is 14.0. The van der Waals surface area contributed by atoms with Gasteiger partial charge in [0.2, 0.25) is 0 Å². The Morgan fingerprint density at radius 3 is 2.65 bits per heavy atom. The zero-order valence-corrected chi connectivity index (χ0v) is 15.7. The largest absolute Gasteiger partial charge is 0.357 e. The normalized spacial score (nSPS) is 16.0. The molecule has 2 rings (SSSR count). The van der Waals surface area contributed by atoms with Crippen molar-refractivity contribution in [3.05, 3.63) is 35.1 Å². The fourth-order valence-electron chi connectivity index (χ4n) is 3.12. The number of rotatable bonds is 7. The van der Waals surface area contributed by atoms with Crippen LogP contribution >= 0.6 is 0 Å². The van der Waals surface area contributed by atoms with Crippen molar-refractivity contribution in [2.24, 2.45) is 4.99 Å². The van der Waals surface area contributed by atoms with E-state index in [0.717, 1.165) is 26.1 Å². The lowest BCUT2D eigenvalue weighted by Gasteiger charge is -2.20. The van der Waals surface area contributed by atoms with E-state index in [1.54, 1.807) is 12.1 Å². The van der Waals surface area contributed by atoms with Crippen molar-refractivity contribution in [1.29, 1.82) is 5.26 Å². The van der Waals surface area contributed by atoms with E-state index < -0.39 is 0 Å². The molecule has 2 N–H and O–H groups in total. The summed E-state index contributed by atoms with van der Waals surface area (Å²) in [6.07, 6.45) is 6.41. The monoisotopic (exact) mass is 359 g/mol. The van der Waals surface area contributed by atoms with Crippen molar-refractivity contribution in [3.63, 3.8) is 0 Å². The first-order valence-corrected chi connectivity index (χ1v) is 9.66. The molecule has 26 heavy (non-hydrogen) atoms. The van der Waals surface area contributed by atoms with Gasteiger partial charge in [-0.2, -0.15) is 5.26 Å². The van der Waals surface area contributed by atoms with Crippen LogP contribution in [0.3, 0.4) is 0 Å². The van der Waals surface area contributed by atoms with Gasteiger partial charge >= 0.3 is 0 Å². The van der Waals surface area contributed by atoms with Crippen LogP contribution in [0.2, 0.25) is 0 Å². The van der Waals surface area contributed by atoms with E-state index in [1.165, 1.54) is 44.8 Å². The number of nitrogens with zero attached hydrogens (tertiary/aromatic N) is 3. The summed E-state index contributed by atoms with van der Waals surface area (Å²) in [5.74, 6) is 0.317. The SMILES string of the molecule is CCNC(=NCc1ccc(C#N)cc1F)NCCCN1CCCCCC1. The van der Waals surface area contributed by atoms with Crippen molar-refractivity contribution in [2.45, 2.75) is 45.6 Å². The van der Waals surface area contributed by atoms with Gasteiger partial charge in [0.05, 0.1) is 18.2 Å². The molecule has 0 saturated carbocycles. The van der Waals surface area contributed by atoms with E-state index in [2.05, 4.69) is 20.5 Å². The minimum atomic E-state index is -0.384. The minimum Gasteiger partial charge on any atom is -0.357 e. The molecule has 0 radical (unpaired) electrons. The van der Waals surface area contributed by atoms with Crippen LogP contribution in [0, 0.1) is 17.1 Å². The van der Waals surface area contributed by atoms with Gasteiger partial charge in [-0.3, -0.25) is 0 Å². The third kappa shape index (κ3) is 7.01. The van der Waals surface area contributed by atoms with Crippen molar-refractivity contribution >= 4 is 5.96 Å². The van der Waals surface area contributed by atoms with Crippen molar-refractivity contribution in [1.82, 2.24) is 15.5 Å². The summed E-state index contributed by atoms with van der Waals surface area (Å²) in [6, 6.07) is 6.44. The van der Waals surface area contributed by atoms with Crippen LogP contribution in [-0.2, 0) is 6.54 Å². The van der Waals surface area contributed by atoms with Gasteiger partial charge in [0.15, 0.2) is 5.96 Å². The molecule has 1 aromatic carbocycles. The molecule has 1 heterocycles. The van der Waals surface area contributed by atoms with Gasteiger partial charge in [-0.1, -0.05) is 18.9 Å². The maximum Gasteiger partial charge on any atom is 0.191 e. The van der Waals surface area contributed by atoms with Crippen LogP contribution < -0.4 is 10.6 Å². The summed E-state index contributed by atoms with van der Waals surface area (Å²) in [5.41, 5.74) is 0.819. The Morgan fingerprint density at radius 1 is 1.23 bits per heavy atom. The lowest BCUT2D eigenvalue weighted by molar-refractivity contribution is 0.282. The number of aliphatic imine (C=N–C) groups is 1. The lowest BCUT2D eigenvalue weighted by Crippen LogP contribution is -2.39. The Bertz CT molecular complexity index is 615.